The van der Waals surface area contributed by atoms with E-state index in [9.17, 15) is 23.1 Å². The van der Waals surface area contributed by atoms with E-state index in [-0.39, 0.29) is 24.0 Å². The summed E-state index contributed by atoms with van der Waals surface area (Å²) in [6.07, 6.45) is 2.18. The van der Waals surface area contributed by atoms with E-state index < -0.39 is 23.9 Å². The fraction of sp³-hybridized carbons (Fsp3) is 0.421. The first-order chi connectivity index (χ1) is 12.6. The van der Waals surface area contributed by atoms with Crippen molar-refractivity contribution in [2.24, 2.45) is 5.73 Å². The predicted octanol–water partition coefficient (Wildman–Crippen LogP) is 3.89. The number of rotatable bonds is 9. The zero-order valence-electron chi connectivity index (χ0n) is 14.8. The van der Waals surface area contributed by atoms with E-state index in [0.717, 1.165) is 12.1 Å². The van der Waals surface area contributed by atoms with Gasteiger partial charge in [-0.05, 0) is 30.5 Å². The number of alkyl halides is 3. The Bertz CT molecular complexity index is 684. The minimum absolute atomic E-state index is 0.197. The summed E-state index contributed by atoms with van der Waals surface area (Å²) < 4.78 is 42.9. The highest BCUT2D eigenvalue weighted by Gasteiger charge is 2.30. The van der Waals surface area contributed by atoms with Gasteiger partial charge in [0.05, 0.1) is 17.6 Å². The molecule has 8 heteroatoms. The second-order valence-electron chi connectivity index (χ2n) is 6.02. The van der Waals surface area contributed by atoms with Gasteiger partial charge in [-0.25, -0.2) is 4.79 Å². The molecule has 0 fully saturated rings. The molecular formula is C19H23F3N2O3. The fourth-order valence-electron chi connectivity index (χ4n) is 2.29. The molecule has 0 aromatic heterocycles. The van der Waals surface area contributed by atoms with Crippen LogP contribution in [0.15, 0.2) is 36.6 Å². The Hall–Kier alpha value is -2.66. The van der Waals surface area contributed by atoms with Crippen molar-refractivity contribution in [1.29, 1.82) is 0 Å². The highest BCUT2D eigenvalue weighted by Crippen LogP contribution is 2.29. The van der Waals surface area contributed by atoms with E-state index in [2.05, 4.69) is 17.8 Å². The van der Waals surface area contributed by atoms with Crippen LogP contribution in [0.1, 0.15) is 36.8 Å². The first-order valence-corrected chi connectivity index (χ1v) is 8.32. The zero-order chi connectivity index (χ0) is 20.4. The molecule has 2 atom stereocenters. The fourth-order valence-corrected chi connectivity index (χ4v) is 2.29. The van der Waals surface area contributed by atoms with Crippen molar-refractivity contribution in [1.82, 2.24) is 5.32 Å². The van der Waals surface area contributed by atoms with Gasteiger partial charge in [0.15, 0.2) is 0 Å². The summed E-state index contributed by atoms with van der Waals surface area (Å²) in [5.41, 5.74) is 4.97. The van der Waals surface area contributed by atoms with Gasteiger partial charge in [0, 0.05) is 0 Å². The lowest BCUT2D eigenvalue weighted by molar-refractivity contribution is -0.137. The molecule has 5 nitrogen and oxygen atoms in total. The Kier molecular flexibility index (Phi) is 8.69. The van der Waals surface area contributed by atoms with Gasteiger partial charge in [-0.2, -0.15) is 13.2 Å². The summed E-state index contributed by atoms with van der Waals surface area (Å²) in [7, 11) is 0. The number of nitrogens with two attached hydrogens (primary N) is 1. The van der Waals surface area contributed by atoms with Gasteiger partial charge < -0.3 is 20.9 Å². The number of carbonyl (C=O) groups is 1. The third-order valence-corrected chi connectivity index (χ3v) is 3.79. The van der Waals surface area contributed by atoms with Crippen molar-refractivity contribution in [2.45, 2.75) is 50.6 Å². The molecular weight excluding hydrogens is 361 g/mol. The molecule has 148 valence electrons. The summed E-state index contributed by atoms with van der Waals surface area (Å²) >= 11 is 0. The van der Waals surface area contributed by atoms with E-state index in [1.807, 2.05) is 0 Å². The summed E-state index contributed by atoms with van der Waals surface area (Å²) in [6, 6.07) is 3.41. The maximum Gasteiger partial charge on any atom is 0.416 e. The molecule has 1 rings (SSSR count). The van der Waals surface area contributed by atoms with Gasteiger partial charge in [0.1, 0.15) is 12.4 Å². The van der Waals surface area contributed by atoms with Crippen molar-refractivity contribution < 1.29 is 27.8 Å². The molecule has 1 unspecified atom stereocenters. The number of carbonyl (C=O) groups excluding carboxylic acids is 1. The Morgan fingerprint density at radius 3 is 2.63 bits per heavy atom. The molecule has 4 N–H and O–H groups in total. The van der Waals surface area contributed by atoms with Gasteiger partial charge in [-0.3, -0.25) is 0 Å². The Balaban J connectivity index is 2.49. The largest absolute Gasteiger partial charge is 0.511 e. The van der Waals surface area contributed by atoms with E-state index in [1.54, 1.807) is 0 Å². The van der Waals surface area contributed by atoms with Crippen LogP contribution < -0.4 is 11.1 Å². The van der Waals surface area contributed by atoms with Crippen LogP contribution in [0.4, 0.5) is 18.0 Å². The lowest BCUT2D eigenvalue weighted by Gasteiger charge is -2.17. The molecule has 0 saturated heterocycles. The smallest absolute Gasteiger partial charge is 0.416 e. The highest BCUT2D eigenvalue weighted by atomic mass is 19.4. The third-order valence-electron chi connectivity index (χ3n) is 3.79. The molecule has 0 heterocycles. The summed E-state index contributed by atoms with van der Waals surface area (Å²) in [6.45, 7) is 3.06. The number of aliphatic hydroxyl groups is 1. The number of terminal acetylenes is 1. The van der Waals surface area contributed by atoms with Crippen LogP contribution in [0.25, 0.3) is 0 Å². The van der Waals surface area contributed by atoms with Crippen LogP contribution in [0.2, 0.25) is 0 Å². The standard InChI is InChI=1S/C19H23F3N2O3/c1-3-16(23)9-4-5-10-17(13(2)25)24-18(26)27-12-14-7-6-8-15(11-14)19(20,21)22/h1,6-8,11,16-17,25H,2,4-5,9-10,12,23H2,(H,24,26)/t16?,17-/m0/s1. The summed E-state index contributed by atoms with van der Waals surface area (Å²) in [5, 5.41) is 12.0. The first-order valence-electron chi connectivity index (χ1n) is 8.32. The minimum atomic E-state index is -4.47. The molecule has 1 aromatic rings. The van der Waals surface area contributed by atoms with Crippen LogP contribution in [-0.4, -0.2) is 23.3 Å². The lowest BCUT2D eigenvalue weighted by Crippen LogP contribution is -2.36. The molecule has 27 heavy (non-hydrogen) atoms. The number of amides is 1. The van der Waals surface area contributed by atoms with E-state index in [0.29, 0.717) is 25.7 Å². The van der Waals surface area contributed by atoms with Crippen LogP contribution >= 0.6 is 0 Å². The normalized spacial score (nSPS) is 13.3. The number of ether oxygens (including phenoxy) is 1. The van der Waals surface area contributed by atoms with Gasteiger partial charge >= 0.3 is 12.3 Å². The molecule has 0 aliphatic rings. The Morgan fingerprint density at radius 1 is 1.37 bits per heavy atom. The average molecular weight is 384 g/mol. The van der Waals surface area contributed by atoms with Crippen LogP contribution in [0.3, 0.4) is 0 Å². The SMILES string of the molecule is C#CC(N)CCCC[C@H](NC(=O)OCc1cccc(C(F)(F)F)c1)C(=C)O. The van der Waals surface area contributed by atoms with Crippen molar-refractivity contribution in [3.8, 4) is 12.3 Å². The maximum absolute atomic E-state index is 12.7. The van der Waals surface area contributed by atoms with Gasteiger partial charge in [-0.15, -0.1) is 6.42 Å². The number of hydrogen-bond acceptors (Lipinski definition) is 4. The monoisotopic (exact) mass is 384 g/mol. The second-order valence-corrected chi connectivity index (χ2v) is 6.02. The lowest BCUT2D eigenvalue weighted by atomic mass is 10.0. The first kappa shape index (κ1) is 22.4. The molecule has 0 aliphatic carbocycles. The molecule has 0 saturated carbocycles. The topological polar surface area (TPSA) is 84.6 Å². The van der Waals surface area contributed by atoms with Crippen molar-refractivity contribution in [3.63, 3.8) is 0 Å². The highest BCUT2D eigenvalue weighted by molar-refractivity contribution is 5.68. The van der Waals surface area contributed by atoms with E-state index >= 15 is 0 Å². The van der Waals surface area contributed by atoms with Crippen molar-refractivity contribution >= 4 is 6.09 Å². The second kappa shape index (κ2) is 10.5. The van der Waals surface area contributed by atoms with Crippen LogP contribution in [0, 0.1) is 12.3 Å². The quantitative estimate of drug-likeness (QED) is 0.343. The molecule has 0 bridgehead atoms. The summed E-state index contributed by atoms with van der Waals surface area (Å²) in [4.78, 5) is 11.8. The minimum Gasteiger partial charge on any atom is -0.511 e. The maximum atomic E-state index is 12.7. The predicted molar refractivity (Wildman–Crippen MR) is 95.6 cm³/mol. The molecule has 0 spiro atoms. The zero-order valence-corrected chi connectivity index (χ0v) is 14.8. The van der Waals surface area contributed by atoms with E-state index in [4.69, 9.17) is 16.9 Å². The average Bonchev–Trinajstić information content (AvgIpc) is 2.61. The van der Waals surface area contributed by atoms with Crippen molar-refractivity contribution in [2.75, 3.05) is 0 Å². The van der Waals surface area contributed by atoms with Crippen molar-refractivity contribution in [3.05, 3.63) is 47.7 Å². The number of hydrogen-bond donors (Lipinski definition) is 3. The Labute approximate surface area is 156 Å². The van der Waals surface area contributed by atoms with Crippen LogP contribution in [-0.2, 0) is 17.5 Å². The number of aliphatic hydroxyl groups excluding tert-OH is 1. The molecule has 1 aromatic carbocycles. The Morgan fingerprint density at radius 2 is 2.04 bits per heavy atom. The summed E-state index contributed by atoms with van der Waals surface area (Å²) in [5.74, 6) is 2.16. The van der Waals surface area contributed by atoms with E-state index in [1.165, 1.54) is 12.1 Å². The van der Waals surface area contributed by atoms with Crippen LogP contribution in [0.5, 0.6) is 0 Å². The third kappa shape index (κ3) is 8.51. The molecule has 0 aliphatic heterocycles. The number of unbranched alkanes of at least 4 members (excludes halogenated alkanes) is 1. The van der Waals surface area contributed by atoms with Gasteiger partial charge in [0.2, 0.25) is 0 Å². The number of halogens is 3. The number of benzene rings is 1. The number of nitrogens with one attached hydrogen (secondary N) is 1. The molecule has 0 radical (unpaired) electrons. The molecule has 1 amide bonds. The van der Waals surface area contributed by atoms with Gasteiger partial charge in [-0.1, -0.05) is 37.5 Å². The number of alkyl carbamates (subject to hydrolysis) is 1. The van der Waals surface area contributed by atoms with Gasteiger partial charge in [0.25, 0.3) is 0 Å².